The Hall–Kier alpha value is -2.83. The summed E-state index contributed by atoms with van der Waals surface area (Å²) in [6.45, 7) is 2.30. The van der Waals surface area contributed by atoms with Gasteiger partial charge in [-0.2, -0.15) is 5.10 Å². The maximum Gasteiger partial charge on any atom is 0.273 e. The van der Waals surface area contributed by atoms with E-state index in [1.807, 2.05) is 42.2 Å². The zero-order valence-electron chi connectivity index (χ0n) is 19.7. The van der Waals surface area contributed by atoms with Crippen molar-refractivity contribution < 1.29 is 14.3 Å². The highest BCUT2D eigenvalue weighted by Crippen LogP contribution is 2.37. The van der Waals surface area contributed by atoms with Crippen LogP contribution in [0, 0.1) is 0 Å². The van der Waals surface area contributed by atoms with Crippen LogP contribution < -0.4 is 10.1 Å². The molecule has 2 saturated carbocycles. The number of amides is 2. The van der Waals surface area contributed by atoms with Crippen LogP contribution >= 0.6 is 0 Å². The summed E-state index contributed by atoms with van der Waals surface area (Å²) < 4.78 is 7.00. The monoisotopic (exact) mass is 450 g/mol. The van der Waals surface area contributed by atoms with E-state index in [1.54, 1.807) is 11.8 Å². The van der Waals surface area contributed by atoms with E-state index in [9.17, 15) is 9.59 Å². The molecule has 33 heavy (non-hydrogen) atoms. The number of fused-ring (bicyclic) bond motifs is 1. The van der Waals surface area contributed by atoms with Crippen molar-refractivity contribution >= 4 is 11.8 Å². The molecule has 5 rings (SSSR count). The Morgan fingerprint density at radius 3 is 2.39 bits per heavy atom. The minimum Gasteiger partial charge on any atom is -0.497 e. The van der Waals surface area contributed by atoms with E-state index < -0.39 is 5.54 Å². The first-order chi connectivity index (χ1) is 16.0. The smallest absolute Gasteiger partial charge is 0.273 e. The van der Waals surface area contributed by atoms with Gasteiger partial charge in [0.1, 0.15) is 17.0 Å². The van der Waals surface area contributed by atoms with Gasteiger partial charge < -0.3 is 15.0 Å². The first kappa shape index (κ1) is 22.0. The van der Waals surface area contributed by atoms with E-state index in [-0.39, 0.29) is 23.9 Å². The van der Waals surface area contributed by atoms with Crippen LogP contribution in [0.15, 0.2) is 30.3 Å². The molecule has 176 valence electrons. The fourth-order valence-corrected chi connectivity index (χ4v) is 5.83. The van der Waals surface area contributed by atoms with Crippen LogP contribution in [0.25, 0.3) is 11.3 Å². The van der Waals surface area contributed by atoms with E-state index in [2.05, 4.69) is 5.32 Å². The van der Waals surface area contributed by atoms with Gasteiger partial charge in [-0.05, 0) is 62.9 Å². The first-order valence-electron chi connectivity index (χ1n) is 12.4. The van der Waals surface area contributed by atoms with Crippen LogP contribution in [0.2, 0.25) is 0 Å². The van der Waals surface area contributed by atoms with Crippen LogP contribution in [0.5, 0.6) is 5.75 Å². The SMILES string of the molecule is COc1ccc(-c2cc3n(n2)C[C@](C)(C(=O)NC2CCCCC2)N(C2CCCC2)C3=O)cc1. The standard InChI is InChI=1S/C26H34N4O3/c1-26(25(32)27-19-8-4-3-5-9-19)17-29-23(24(31)30(26)20-10-6-7-11-20)16-22(28-29)18-12-14-21(33-2)15-13-18/h12-16,19-20H,3-11,17H2,1-2H3,(H,27,32)/t26-/m1/s1. The average molecular weight is 451 g/mol. The number of carbonyl (C=O) groups is 2. The predicted molar refractivity (Wildman–Crippen MR) is 126 cm³/mol. The molecule has 2 heterocycles. The third-order valence-electron chi connectivity index (χ3n) is 7.71. The lowest BCUT2D eigenvalue weighted by atomic mass is 9.90. The number of methoxy groups -OCH3 is 1. The summed E-state index contributed by atoms with van der Waals surface area (Å²) in [4.78, 5) is 29.4. The predicted octanol–water partition coefficient (Wildman–Crippen LogP) is 4.16. The Morgan fingerprint density at radius 2 is 1.73 bits per heavy atom. The highest BCUT2D eigenvalue weighted by Gasteiger charge is 2.51. The fraction of sp³-hybridized carbons (Fsp3) is 0.577. The van der Waals surface area contributed by atoms with Crippen molar-refractivity contribution in [3.8, 4) is 17.0 Å². The lowest BCUT2D eigenvalue weighted by molar-refractivity contribution is -0.135. The third-order valence-corrected chi connectivity index (χ3v) is 7.71. The van der Waals surface area contributed by atoms with Crippen molar-refractivity contribution in [1.82, 2.24) is 20.0 Å². The molecule has 0 unspecified atom stereocenters. The molecule has 0 bridgehead atoms. The summed E-state index contributed by atoms with van der Waals surface area (Å²) >= 11 is 0. The topological polar surface area (TPSA) is 76.5 Å². The highest BCUT2D eigenvalue weighted by atomic mass is 16.5. The Bertz CT molecular complexity index is 1020. The maximum absolute atomic E-state index is 13.8. The molecule has 2 aromatic rings. The highest BCUT2D eigenvalue weighted by molar-refractivity contribution is 6.00. The van der Waals surface area contributed by atoms with Gasteiger partial charge in [0.2, 0.25) is 5.91 Å². The molecule has 7 nitrogen and oxygen atoms in total. The van der Waals surface area contributed by atoms with E-state index in [1.165, 1.54) is 6.42 Å². The molecule has 1 aromatic carbocycles. The molecule has 7 heteroatoms. The second-order valence-electron chi connectivity index (χ2n) is 10.00. The zero-order chi connectivity index (χ0) is 23.0. The van der Waals surface area contributed by atoms with Crippen LogP contribution in [-0.4, -0.2) is 51.2 Å². The quantitative estimate of drug-likeness (QED) is 0.742. The van der Waals surface area contributed by atoms with E-state index in [4.69, 9.17) is 9.84 Å². The van der Waals surface area contributed by atoms with Crippen molar-refractivity contribution in [3.05, 3.63) is 36.0 Å². The summed E-state index contributed by atoms with van der Waals surface area (Å²) in [5.74, 6) is 0.654. The molecular weight excluding hydrogens is 416 g/mol. The summed E-state index contributed by atoms with van der Waals surface area (Å²) in [5, 5.41) is 8.06. The van der Waals surface area contributed by atoms with Gasteiger partial charge in [-0.25, -0.2) is 0 Å². The molecule has 3 aliphatic rings. The van der Waals surface area contributed by atoms with Gasteiger partial charge in [0, 0.05) is 17.6 Å². The molecule has 0 radical (unpaired) electrons. The summed E-state index contributed by atoms with van der Waals surface area (Å²) in [7, 11) is 1.64. The number of benzene rings is 1. The number of aromatic nitrogens is 2. The molecule has 1 aliphatic heterocycles. The lowest BCUT2D eigenvalue weighted by Crippen LogP contribution is -2.67. The largest absolute Gasteiger partial charge is 0.497 e. The molecular formula is C26H34N4O3. The summed E-state index contributed by atoms with van der Waals surface area (Å²) in [6, 6.07) is 9.85. The van der Waals surface area contributed by atoms with Crippen LogP contribution in [0.4, 0.5) is 0 Å². The van der Waals surface area contributed by atoms with Gasteiger partial charge in [-0.15, -0.1) is 0 Å². The second kappa shape index (κ2) is 8.84. The fourth-order valence-electron chi connectivity index (χ4n) is 5.83. The van der Waals surface area contributed by atoms with Crippen LogP contribution in [0.3, 0.4) is 0 Å². The number of nitrogens with zero attached hydrogens (tertiary/aromatic N) is 3. The maximum atomic E-state index is 13.8. The Morgan fingerprint density at radius 1 is 1.06 bits per heavy atom. The van der Waals surface area contributed by atoms with Crippen molar-refractivity contribution in [3.63, 3.8) is 0 Å². The van der Waals surface area contributed by atoms with Crippen molar-refractivity contribution in [1.29, 1.82) is 0 Å². The average Bonchev–Trinajstić information content (AvgIpc) is 3.50. The van der Waals surface area contributed by atoms with E-state index in [0.29, 0.717) is 12.2 Å². The lowest BCUT2D eigenvalue weighted by Gasteiger charge is -2.47. The van der Waals surface area contributed by atoms with Crippen LogP contribution in [-0.2, 0) is 11.3 Å². The second-order valence-corrected chi connectivity index (χ2v) is 10.00. The molecule has 0 saturated heterocycles. The van der Waals surface area contributed by atoms with Crippen molar-refractivity contribution in [2.24, 2.45) is 0 Å². The van der Waals surface area contributed by atoms with Crippen LogP contribution in [0.1, 0.15) is 75.2 Å². The molecule has 2 fully saturated rings. The Labute approximate surface area is 195 Å². The number of ether oxygens (including phenoxy) is 1. The molecule has 1 aromatic heterocycles. The number of rotatable bonds is 5. The molecule has 1 atom stereocenters. The molecule has 2 aliphatic carbocycles. The molecule has 0 spiro atoms. The van der Waals surface area contributed by atoms with Gasteiger partial charge in [0.15, 0.2) is 0 Å². The third kappa shape index (κ3) is 4.02. The van der Waals surface area contributed by atoms with Crippen molar-refractivity contribution in [2.75, 3.05) is 7.11 Å². The van der Waals surface area contributed by atoms with Gasteiger partial charge in [-0.3, -0.25) is 14.3 Å². The minimum absolute atomic E-state index is 0.0400. The number of nitrogens with one attached hydrogen (secondary N) is 1. The molecule has 2 amide bonds. The van der Waals surface area contributed by atoms with Gasteiger partial charge >= 0.3 is 0 Å². The minimum atomic E-state index is -0.945. The zero-order valence-corrected chi connectivity index (χ0v) is 19.7. The van der Waals surface area contributed by atoms with Gasteiger partial charge in [0.05, 0.1) is 19.3 Å². The number of hydrogen-bond donors (Lipinski definition) is 1. The normalized spacial score (nSPS) is 24.1. The van der Waals surface area contributed by atoms with E-state index >= 15 is 0 Å². The summed E-state index contributed by atoms with van der Waals surface area (Å²) in [5.41, 5.74) is 1.28. The Kier molecular flexibility index (Phi) is 5.89. The number of hydrogen-bond acceptors (Lipinski definition) is 4. The first-order valence-corrected chi connectivity index (χ1v) is 12.4. The molecule has 1 N–H and O–H groups in total. The Balaban J connectivity index is 1.48. The van der Waals surface area contributed by atoms with E-state index in [0.717, 1.165) is 68.4 Å². The number of carbonyl (C=O) groups excluding carboxylic acids is 2. The van der Waals surface area contributed by atoms with Crippen molar-refractivity contribution in [2.45, 2.75) is 88.9 Å². The van der Waals surface area contributed by atoms with Gasteiger partial charge in [-0.1, -0.05) is 32.1 Å². The summed E-state index contributed by atoms with van der Waals surface area (Å²) in [6.07, 6.45) is 9.71. The van der Waals surface area contributed by atoms with Gasteiger partial charge in [0.25, 0.3) is 5.91 Å².